The maximum Gasteiger partial charge on any atom is 0.430 e. The molecule has 0 aliphatic rings. The Balaban J connectivity index is 1.92. The van der Waals surface area contributed by atoms with Gasteiger partial charge in [-0.15, -0.1) is 0 Å². The second-order valence-electron chi connectivity index (χ2n) is 6.67. The normalized spacial score (nSPS) is 13.6. The summed E-state index contributed by atoms with van der Waals surface area (Å²) >= 11 is 0. The Labute approximate surface area is 167 Å². The molecule has 0 atom stereocenters. The maximum atomic E-state index is 12.9. The molecular formula is C20H14F6O3S. The highest BCUT2D eigenvalue weighted by Gasteiger charge is 2.71. The number of hydrogen-bond acceptors (Lipinski definition) is 3. The molecule has 0 aliphatic carbocycles. The van der Waals surface area contributed by atoms with Crippen molar-refractivity contribution >= 4 is 20.6 Å². The average Bonchev–Trinajstić information content (AvgIpc) is 2.65. The van der Waals surface area contributed by atoms with Crippen LogP contribution >= 0.6 is 0 Å². The van der Waals surface area contributed by atoms with Crippen LogP contribution in [0.4, 0.5) is 26.3 Å². The third kappa shape index (κ3) is 3.89. The minimum absolute atomic E-state index is 0.0291. The van der Waals surface area contributed by atoms with Gasteiger partial charge < -0.3 is 5.11 Å². The van der Waals surface area contributed by atoms with Crippen molar-refractivity contribution in [3.63, 3.8) is 0 Å². The van der Waals surface area contributed by atoms with E-state index in [9.17, 15) is 39.9 Å². The van der Waals surface area contributed by atoms with Crippen LogP contribution in [0, 0.1) is 0 Å². The van der Waals surface area contributed by atoms with Gasteiger partial charge in [-0.05, 0) is 28.5 Å². The molecule has 3 aromatic carbocycles. The lowest BCUT2D eigenvalue weighted by molar-refractivity contribution is -0.376. The highest BCUT2D eigenvalue weighted by molar-refractivity contribution is 7.90. The van der Waals surface area contributed by atoms with Gasteiger partial charge in [0, 0.05) is 5.56 Å². The van der Waals surface area contributed by atoms with Crippen LogP contribution in [0.5, 0.6) is 0 Å². The first kappa shape index (κ1) is 22.1. The quantitative estimate of drug-likeness (QED) is 0.564. The SMILES string of the molecule is O=S(=O)(Cc1ccc(C(O)(C(F)(F)F)C(F)(F)F)cc1)c1ccc2ccccc2c1. The summed E-state index contributed by atoms with van der Waals surface area (Å²) < 4.78 is 103. The van der Waals surface area contributed by atoms with E-state index in [1.807, 2.05) is 0 Å². The molecule has 0 bridgehead atoms. The van der Waals surface area contributed by atoms with E-state index in [0.717, 1.165) is 17.5 Å². The van der Waals surface area contributed by atoms with Gasteiger partial charge in [-0.2, -0.15) is 26.3 Å². The number of sulfone groups is 1. The zero-order valence-corrected chi connectivity index (χ0v) is 15.8. The standard InChI is InChI=1S/C20H14F6O3S/c21-19(22,23)18(27,20(24,25)26)16-8-5-13(6-9-16)12-30(28,29)17-10-7-14-3-1-2-4-15(14)11-17/h1-11,27H,12H2. The molecule has 3 rings (SSSR count). The van der Waals surface area contributed by atoms with Crippen LogP contribution in [0.15, 0.2) is 71.6 Å². The Morgan fingerprint density at radius 3 is 1.80 bits per heavy atom. The second-order valence-corrected chi connectivity index (χ2v) is 8.66. The zero-order chi connectivity index (χ0) is 22.4. The van der Waals surface area contributed by atoms with Crippen molar-refractivity contribution in [2.75, 3.05) is 0 Å². The van der Waals surface area contributed by atoms with Crippen LogP contribution in [-0.2, 0) is 21.2 Å². The van der Waals surface area contributed by atoms with Gasteiger partial charge in [0.2, 0.25) is 0 Å². The maximum absolute atomic E-state index is 12.9. The van der Waals surface area contributed by atoms with Gasteiger partial charge in [0.05, 0.1) is 10.6 Å². The van der Waals surface area contributed by atoms with E-state index in [0.29, 0.717) is 17.5 Å². The predicted molar refractivity (Wildman–Crippen MR) is 97.3 cm³/mol. The summed E-state index contributed by atoms with van der Waals surface area (Å²) in [6.45, 7) is 0. The van der Waals surface area contributed by atoms with Crippen molar-refractivity contribution in [2.45, 2.75) is 28.6 Å². The third-order valence-corrected chi connectivity index (χ3v) is 6.31. The van der Waals surface area contributed by atoms with E-state index in [-0.39, 0.29) is 10.5 Å². The molecule has 0 saturated heterocycles. The summed E-state index contributed by atoms with van der Waals surface area (Å²) in [5, 5.41) is 10.9. The van der Waals surface area contributed by atoms with E-state index in [1.165, 1.54) is 12.1 Å². The molecule has 160 valence electrons. The lowest BCUT2D eigenvalue weighted by Crippen LogP contribution is -2.53. The average molecular weight is 448 g/mol. The Hall–Kier alpha value is -2.59. The highest BCUT2D eigenvalue weighted by atomic mass is 32.2. The molecule has 0 spiro atoms. The van der Waals surface area contributed by atoms with Crippen LogP contribution in [0.3, 0.4) is 0 Å². The molecule has 3 nitrogen and oxygen atoms in total. The molecule has 0 radical (unpaired) electrons. The summed E-state index contributed by atoms with van der Waals surface area (Å²) in [6, 6.07) is 13.9. The predicted octanol–water partition coefficient (Wildman–Crippen LogP) is 5.13. The number of halogens is 6. The van der Waals surface area contributed by atoms with E-state index in [4.69, 9.17) is 0 Å². The molecule has 0 saturated carbocycles. The van der Waals surface area contributed by atoms with Crippen molar-refractivity contribution in [1.82, 2.24) is 0 Å². The summed E-state index contributed by atoms with van der Waals surface area (Å²) in [7, 11) is -3.92. The van der Waals surface area contributed by atoms with Crippen molar-refractivity contribution in [3.8, 4) is 0 Å². The molecule has 0 heterocycles. The first-order valence-corrected chi connectivity index (χ1v) is 10.1. The van der Waals surface area contributed by atoms with Crippen LogP contribution in [0.2, 0.25) is 0 Å². The van der Waals surface area contributed by atoms with Gasteiger partial charge in [0.1, 0.15) is 0 Å². The zero-order valence-electron chi connectivity index (χ0n) is 15.0. The number of fused-ring (bicyclic) bond motifs is 1. The van der Waals surface area contributed by atoms with Crippen LogP contribution in [0.1, 0.15) is 11.1 Å². The molecule has 0 aliphatic heterocycles. The largest absolute Gasteiger partial charge is 0.430 e. The van der Waals surface area contributed by atoms with Crippen LogP contribution in [-0.4, -0.2) is 25.9 Å². The smallest absolute Gasteiger partial charge is 0.369 e. The Morgan fingerprint density at radius 1 is 0.733 bits per heavy atom. The lowest BCUT2D eigenvalue weighted by Gasteiger charge is -2.32. The van der Waals surface area contributed by atoms with Gasteiger partial charge in [-0.25, -0.2) is 8.42 Å². The monoisotopic (exact) mass is 448 g/mol. The summed E-state index contributed by atoms with van der Waals surface area (Å²) in [4.78, 5) is -0.0348. The fraction of sp³-hybridized carbons (Fsp3) is 0.200. The minimum Gasteiger partial charge on any atom is -0.369 e. The van der Waals surface area contributed by atoms with Crippen LogP contribution < -0.4 is 0 Å². The van der Waals surface area contributed by atoms with Crippen LogP contribution in [0.25, 0.3) is 10.8 Å². The fourth-order valence-corrected chi connectivity index (χ4v) is 4.37. The molecule has 0 fully saturated rings. The highest BCUT2D eigenvalue weighted by Crippen LogP contribution is 2.50. The van der Waals surface area contributed by atoms with Gasteiger partial charge in [0.15, 0.2) is 9.84 Å². The Bertz CT molecular complexity index is 1150. The molecule has 0 aromatic heterocycles. The molecular weight excluding hydrogens is 434 g/mol. The topological polar surface area (TPSA) is 54.4 Å². The van der Waals surface area contributed by atoms with E-state index < -0.39 is 39.1 Å². The van der Waals surface area contributed by atoms with Gasteiger partial charge in [0.25, 0.3) is 5.60 Å². The summed E-state index contributed by atoms with van der Waals surface area (Å²) in [6.07, 6.45) is -12.0. The number of aliphatic hydroxyl groups is 1. The second kappa shape index (κ2) is 7.28. The van der Waals surface area contributed by atoms with Gasteiger partial charge in [-0.3, -0.25) is 0 Å². The molecule has 0 unspecified atom stereocenters. The molecule has 1 N–H and O–H groups in total. The van der Waals surface area contributed by atoms with Crippen molar-refractivity contribution < 1.29 is 39.9 Å². The van der Waals surface area contributed by atoms with Crippen molar-refractivity contribution in [2.24, 2.45) is 0 Å². The van der Waals surface area contributed by atoms with E-state index >= 15 is 0 Å². The molecule has 0 amide bonds. The fourth-order valence-electron chi connectivity index (χ4n) is 2.99. The summed E-state index contributed by atoms with van der Waals surface area (Å²) in [5.74, 6) is -0.637. The molecule has 30 heavy (non-hydrogen) atoms. The number of rotatable bonds is 4. The lowest BCUT2D eigenvalue weighted by atomic mass is 9.92. The number of hydrogen-bond donors (Lipinski definition) is 1. The van der Waals surface area contributed by atoms with Crippen molar-refractivity contribution in [1.29, 1.82) is 0 Å². The van der Waals surface area contributed by atoms with Crippen molar-refractivity contribution in [3.05, 3.63) is 77.9 Å². The first-order chi connectivity index (χ1) is 13.8. The number of alkyl halides is 6. The molecule has 10 heteroatoms. The minimum atomic E-state index is -6.01. The van der Waals surface area contributed by atoms with Gasteiger partial charge >= 0.3 is 12.4 Å². The van der Waals surface area contributed by atoms with E-state index in [2.05, 4.69) is 0 Å². The first-order valence-electron chi connectivity index (χ1n) is 8.42. The summed E-state index contributed by atoms with van der Waals surface area (Å²) in [5.41, 5.74) is -6.54. The Morgan fingerprint density at radius 2 is 1.27 bits per heavy atom. The van der Waals surface area contributed by atoms with Gasteiger partial charge in [-0.1, -0.05) is 54.6 Å². The third-order valence-electron chi connectivity index (χ3n) is 4.63. The van der Waals surface area contributed by atoms with E-state index in [1.54, 1.807) is 30.3 Å². The number of benzene rings is 3. The Kier molecular flexibility index (Phi) is 5.36. The molecule has 3 aromatic rings.